The summed E-state index contributed by atoms with van der Waals surface area (Å²) in [5.41, 5.74) is 0. The predicted molar refractivity (Wildman–Crippen MR) is 62.0 cm³/mol. The van der Waals surface area contributed by atoms with Gasteiger partial charge in [-0.2, -0.15) is 0 Å². The zero-order valence-electron chi connectivity index (χ0n) is 10.2. The minimum absolute atomic E-state index is 0.269. The summed E-state index contributed by atoms with van der Waals surface area (Å²) >= 11 is 0. The van der Waals surface area contributed by atoms with Crippen molar-refractivity contribution in [3.63, 3.8) is 0 Å². The Kier molecular flexibility index (Phi) is 7.44. The van der Waals surface area contributed by atoms with Crippen molar-refractivity contribution < 1.29 is 23.2 Å². The van der Waals surface area contributed by atoms with Gasteiger partial charge in [-0.1, -0.05) is 6.08 Å². The van der Waals surface area contributed by atoms with Crippen LogP contribution in [-0.2, 0) is 18.1 Å². The molecule has 0 saturated carbocycles. The third kappa shape index (κ3) is 4.54. The highest BCUT2D eigenvalue weighted by Crippen LogP contribution is 2.16. The maximum Gasteiger partial charge on any atom is 0.500 e. The number of aliphatic hydroxyl groups excluding tert-OH is 1. The summed E-state index contributed by atoms with van der Waals surface area (Å²) in [7, 11) is 1.81. The Morgan fingerprint density at radius 3 is 2.19 bits per heavy atom. The number of carbonyl (C=O) groups is 1. The molecule has 0 amide bonds. The molecule has 0 spiro atoms. The van der Waals surface area contributed by atoms with Crippen LogP contribution >= 0.6 is 0 Å². The molecule has 0 fully saturated rings. The summed E-state index contributed by atoms with van der Waals surface area (Å²) < 4.78 is 15.5. The summed E-state index contributed by atoms with van der Waals surface area (Å²) in [6, 6.07) is 0.404. The molecule has 1 N–H and O–H groups in total. The van der Waals surface area contributed by atoms with Crippen molar-refractivity contribution in [2.24, 2.45) is 0 Å². The highest BCUT2D eigenvalue weighted by Gasteiger charge is 2.38. The first-order valence-corrected chi connectivity index (χ1v) is 6.98. The molecule has 0 radical (unpaired) electrons. The topological polar surface area (TPSA) is 65.0 Å². The zero-order chi connectivity index (χ0) is 12.6. The van der Waals surface area contributed by atoms with E-state index in [0.717, 1.165) is 0 Å². The fourth-order valence-corrected chi connectivity index (χ4v) is 3.03. The molecule has 0 aliphatic heterocycles. The third-order valence-corrected chi connectivity index (χ3v) is 5.08. The molecule has 1 unspecified atom stereocenters. The van der Waals surface area contributed by atoms with Crippen molar-refractivity contribution in [1.82, 2.24) is 0 Å². The first-order valence-electron chi connectivity index (χ1n) is 5.05. The Bertz CT molecular complexity index is 229. The van der Waals surface area contributed by atoms with E-state index in [1.165, 1.54) is 27.4 Å². The highest BCUT2D eigenvalue weighted by atomic mass is 28.4. The van der Waals surface area contributed by atoms with Gasteiger partial charge < -0.3 is 18.4 Å². The van der Waals surface area contributed by atoms with Gasteiger partial charge in [-0.25, -0.2) is 0 Å². The van der Waals surface area contributed by atoms with E-state index in [0.29, 0.717) is 6.04 Å². The Hall–Kier alpha value is -0.533. The van der Waals surface area contributed by atoms with Crippen LogP contribution in [0.1, 0.15) is 13.3 Å². The smallest absolute Gasteiger partial charge is 0.385 e. The van der Waals surface area contributed by atoms with Crippen molar-refractivity contribution in [2.75, 3.05) is 21.3 Å². The minimum Gasteiger partial charge on any atom is -0.385 e. The quantitative estimate of drug-likeness (QED) is 0.507. The number of rotatable bonds is 8. The second-order valence-corrected chi connectivity index (χ2v) is 6.34. The molecule has 0 aromatic heterocycles. The van der Waals surface area contributed by atoms with E-state index in [1.54, 1.807) is 13.0 Å². The molecule has 0 aliphatic rings. The molecule has 0 heterocycles. The Morgan fingerprint density at radius 2 is 1.81 bits per heavy atom. The Balaban J connectivity index is 4.25. The molecular weight excluding hydrogens is 228 g/mol. The van der Waals surface area contributed by atoms with Crippen molar-refractivity contribution in [2.45, 2.75) is 25.5 Å². The van der Waals surface area contributed by atoms with E-state index in [9.17, 15) is 9.90 Å². The Morgan fingerprint density at radius 1 is 1.31 bits per heavy atom. The number of allylic oxidation sites excluding steroid dienone is 1. The number of carbonyl (C=O) groups excluding carboxylic acids is 1. The lowest BCUT2D eigenvalue weighted by Gasteiger charge is -2.24. The SMILES string of the molecule is CC=CC(=O)C(O)CC[Si](OC)(OC)OC. The number of ketones is 1. The number of hydrogen-bond acceptors (Lipinski definition) is 5. The van der Waals surface area contributed by atoms with Crippen LogP contribution in [0.5, 0.6) is 0 Å². The summed E-state index contributed by atoms with van der Waals surface area (Å²) in [6.45, 7) is 1.73. The standard InChI is InChI=1S/C10H20O5Si/c1-5-6-9(11)10(12)7-8-16(13-2,14-3)15-4/h5-6,10,12H,7-8H2,1-4H3. The van der Waals surface area contributed by atoms with E-state index in [1.807, 2.05) is 0 Å². The molecule has 1 atom stereocenters. The van der Waals surface area contributed by atoms with Crippen LogP contribution in [-0.4, -0.2) is 47.1 Å². The molecule has 5 nitrogen and oxygen atoms in total. The van der Waals surface area contributed by atoms with Crippen LogP contribution in [0.25, 0.3) is 0 Å². The van der Waals surface area contributed by atoms with Crippen LogP contribution in [0.3, 0.4) is 0 Å². The van der Waals surface area contributed by atoms with Gasteiger partial charge in [0, 0.05) is 27.4 Å². The van der Waals surface area contributed by atoms with E-state index < -0.39 is 14.9 Å². The largest absolute Gasteiger partial charge is 0.500 e. The van der Waals surface area contributed by atoms with Gasteiger partial charge in [0.2, 0.25) is 0 Å². The summed E-state index contributed by atoms with van der Waals surface area (Å²) in [6.07, 6.45) is 2.19. The van der Waals surface area contributed by atoms with Gasteiger partial charge in [0.05, 0.1) is 0 Å². The van der Waals surface area contributed by atoms with Crippen molar-refractivity contribution in [3.05, 3.63) is 12.2 Å². The van der Waals surface area contributed by atoms with Crippen LogP contribution in [0.15, 0.2) is 12.2 Å². The molecule has 0 saturated heterocycles. The summed E-state index contributed by atoms with van der Waals surface area (Å²) in [5, 5.41) is 9.55. The molecular formula is C10H20O5Si. The fraction of sp³-hybridized carbons (Fsp3) is 0.700. The van der Waals surface area contributed by atoms with E-state index in [-0.39, 0.29) is 12.2 Å². The number of hydrogen-bond donors (Lipinski definition) is 1. The number of aliphatic hydroxyl groups is 1. The minimum atomic E-state index is -2.69. The summed E-state index contributed by atoms with van der Waals surface area (Å²) in [4.78, 5) is 11.3. The molecule has 94 valence electrons. The van der Waals surface area contributed by atoms with Gasteiger partial charge in [0.1, 0.15) is 6.10 Å². The van der Waals surface area contributed by atoms with Gasteiger partial charge in [0.25, 0.3) is 0 Å². The fourth-order valence-electron chi connectivity index (χ4n) is 1.29. The lowest BCUT2D eigenvalue weighted by atomic mass is 10.2. The highest BCUT2D eigenvalue weighted by molar-refractivity contribution is 6.60. The monoisotopic (exact) mass is 248 g/mol. The maximum absolute atomic E-state index is 11.3. The second kappa shape index (κ2) is 7.69. The Labute approximate surface area is 97.4 Å². The molecule has 0 aliphatic carbocycles. The van der Waals surface area contributed by atoms with Crippen molar-refractivity contribution in [1.29, 1.82) is 0 Å². The molecule has 0 bridgehead atoms. The molecule has 0 aromatic rings. The van der Waals surface area contributed by atoms with Crippen LogP contribution < -0.4 is 0 Å². The van der Waals surface area contributed by atoms with Gasteiger partial charge in [-0.05, 0) is 19.4 Å². The molecule has 16 heavy (non-hydrogen) atoms. The van der Waals surface area contributed by atoms with E-state index in [2.05, 4.69) is 0 Å². The summed E-state index contributed by atoms with van der Waals surface area (Å²) in [5.74, 6) is -0.311. The average molecular weight is 248 g/mol. The van der Waals surface area contributed by atoms with Crippen molar-refractivity contribution in [3.8, 4) is 0 Å². The first-order chi connectivity index (χ1) is 7.55. The van der Waals surface area contributed by atoms with Gasteiger partial charge in [0.15, 0.2) is 5.78 Å². The van der Waals surface area contributed by atoms with Gasteiger partial charge in [-0.15, -0.1) is 0 Å². The zero-order valence-corrected chi connectivity index (χ0v) is 11.2. The van der Waals surface area contributed by atoms with Crippen LogP contribution in [0, 0.1) is 0 Å². The molecule has 6 heteroatoms. The first kappa shape index (κ1) is 15.5. The van der Waals surface area contributed by atoms with Crippen LogP contribution in [0.4, 0.5) is 0 Å². The van der Waals surface area contributed by atoms with E-state index >= 15 is 0 Å². The van der Waals surface area contributed by atoms with Crippen LogP contribution in [0.2, 0.25) is 6.04 Å². The molecule has 0 aromatic carbocycles. The van der Waals surface area contributed by atoms with Crippen molar-refractivity contribution >= 4 is 14.6 Å². The molecule has 0 rings (SSSR count). The lowest BCUT2D eigenvalue weighted by molar-refractivity contribution is -0.122. The lowest BCUT2D eigenvalue weighted by Crippen LogP contribution is -2.43. The van der Waals surface area contributed by atoms with E-state index in [4.69, 9.17) is 13.3 Å². The average Bonchev–Trinajstić information content (AvgIpc) is 2.31. The predicted octanol–water partition coefficient (Wildman–Crippen LogP) is 0.761. The normalized spacial score (nSPS) is 14.3. The van der Waals surface area contributed by atoms with Gasteiger partial charge in [-0.3, -0.25) is 4.79 Å². The maximum atomic E-state index is 11.3. The van der Waals surface area contributed by atoms with Gasteiger partial charge >= 0.3 is 8.80 Å². The third-order valence-electron chi connectivity index (χ3n) is 2.32. The second-order valence-electron chi connectivity index (χ2n) is 3.25.